The van der Waals surface area contributed by atoms with Crippen LogP contribution >= 0.6 is 15.9 Å². The lowest BCUT2D eigenvalue weighted by atomic mass is 9.96. The molecule has 6 aromatic rings. The van der Waals surface area contributed by atoms with Crippen LogP contribution in [0.3, 0.4) is 0 Å². The van der Waals surface area contributed by atoms with Gasteiger partial charge in [-0.25, -0.2) is 49.1 Å². The Morgan fingerprint density at radius 1 is 0.563 bits per heavy atom. The molecule has 0 bridgehead atoms. The fourth-order valence-corrected chi connectivity index (χ4v) is 9.96. The van der Waals surface area contributed by atoms with Crippen molar-refractivity contribution in [3.63, 3.8) is 0 Å². The van der Waals surface area contributed by atoms with E-state index in [-0.39, 0.29) is 26.3 Å². The average Bonchev–Trinajstić information content (AvgIpc) is 3.05. The van der Waals surface area contributed by atoms with E-state index in [0.717, 1.165) is 103 Å². The van der Waals surface area contributed by atoms with E-state index in [9.17, 15) is 19.2 Å². The third-order valence-electron chi connectivity index (χ3n) is 13.9. The number of hydrogen-bond donors (Lipinski definition) is 6. The highest BCUT2D eigenvalue weighted by Gasteiger charge is 2.30. The van der Waals surface area contributed by atoms with Crippen molar-refractivity contribution in [1.82, 2.24) is 40.5 Å². The number of pyridine rings is 2. The average molecular weight is 1260 g/mol. The predicted molar refractivity (Wildman–Crippen MR) is 342 cm³/mol. The summed E-state index contributed by atoms with van der Waals surface area (Å²) >= 11 is 3.54. The van der Waals surface area contributed by atoms with Gasteiger partial charge >= 0.3 is 24.1 Å². The van der Waals surface area contributed by atoms with Crippen molar-refractivity contribution in [1.29, 1.82) is 0 Å². The van der Waals surface area contributed by atoms with Gasteiger partial charge in [0.15, 0.2) is 0 Å². The molecule has 2 aromatic carbocycles. The minimum absolute atomic E-state index is 0.0602. The summed E-state index contributed by atoms with van der Waals surface area (Å²) in [7, 11) is 0. The SMILES string of the molecule is CC(C)(C)OC(=O)[C@H](CN)NC(=O)OCc1ccccc1.CCc1c(Br)ncnc1N1CCC(CNc2ccccn2)CC1.CCc1c(NC[C@H](NC(=O)OCc2ccccc2)C(=O)OC(C)(C)C)ncnc1N1CCC(CNc2ccccn2)CC1. The summed E-state index contributed by atoms with van der Waals surface area (Å²) in [5, 5.41) is 15.2. The maximum atomic E-state index is 13.1. The molecule has 2 amide bonds. The van der Waals surface area contributed by atoms with Gasteiger partial charge in [0, 0.05) is 75.9 Å². The van der Waals surface area contributed by atoms with E-state index >= 15 is 0 Å². The summed E-state index contributed by atoms with van der Waals surface area (Å²) in [5.41, 5.74) is 7.99. The third kappa shape index (κ3) is 23.9. The first-order valence-electron chi connectivity index (χ1n) is 29.8. The van der Waals surface area contributed by atoms with Crippen molar-refractivity contribution >= 4 is 69.1 Å². The summed E-state index contributed by atoms with van der Waals surface area (Å²) in [6, 6.07) is 28.5. The molecule has 7 N–H and O–H groups in total. The largest absolute Gasteiger partial charge is 0.458 e. The number of halogens is 1. The number of rotatable bonds is 22. The second kappa shape index (κ2) is 34.8. The Morgan fingerprint density at radius 3 is 1.41 bits per heavy atom. The minimum atomic E-state index is -0.993. The monoisotopic (exact) mass is 1260 g/mol. The van der Waals surface area contributed by atoms with E-state index in [0.29, 0.717) is 24.1 Å². The maximum Gasteiger partial charge on any atom is 0.408 e. The van der Waals surface area contributed by atoms with E-state index in [4.69, 9.17) is 24.7 Å². The van der Waals surface area contributed by atoms with E-state index in [2.05, 4.69) is 96.1 Å². The quantitative estimate of drug-likeness (QED) is 0.0209. The van der Waals surface area contributed by atoms with Crippen LogP contribution in [0.2, 0.25) is 0 Å². The fourth-order valence-electron chi connectivity index (χ4n) is 9.41. The Hall–Kier alpha value is -8.18. The molecule has 2 atom stereocenters. The highest BCUT2D eigenvalue weighted by Crippen LogP contribution is 2.30. The summed E-state index contributed by atoms with van der Waals surface area (Å²) < 4.78 is 22.1. The number of esters is 2. The Labute approximate surface area is 520 Å². The van der Waals surface area contributed by atoms with Gasteiger partial charge in [-0.15, -0.1) is 0 Å². The lowest BCUT2D eigenvalue weighted by Crippen LogP contribution is -2.48. The topological polar surface area (TPSA) is 275 Å². The van der Waals surface area contributed by atoms with Crippen molar-refractivity contribution in [2.45, 2.75) is 130 Å². The van der Waals surface area contributed by atoms with Crippen LogP contribution < -0.4 is 42.1 Å². The van der Waals surface area contributed by atoms with E-state index in [1.54, 1.807) is 54.1 Å². The molecular formula is C64H87BrN14O8. The Balaban J connectivity index is 0.000000231. The van der Waals surface area contributed by atoms with Gasteiger partial charge < -0.3 is 61.1 Å². The molecule has 87 heavy (non-hydrogen) atoms. The molecule has 0 spiro atoms. The number of alkyl carbamates (subject to hydrolysis) is 2. The first-order chi connectivity index (χ1) is 41.8. The summed E-state index contributed by atoms with van der Waals surface area (Å²) in [4.78, 5) is 80.4. The molecule has 468 valence electrons. The zero-order valence-electron chi connectivity index (χ0n) is 51.5. The zero-order valence-corrected chi connectivity index (χ0v) is 53.1. The molecule has 2 aliphatic rings. The molecule has 6 heterocycles. The van der Waals surface area contributed by atoms with Crippen molar-refractivity contribution in [3.8, 4) is 0 Å². The molecule has 22 nitrogen and oxygen atoms in total. The first kappa shape index (κ1) is 67.9. The number of carbonyl (C=O) groups excluding carboxylic acids is 4. The number of nitrogens with zero attached hydrogens (tertiary/aromatic N) is 8. The van der Waals surface area contributed by atoms with Gasteiger partial charge in [-0.3, -0.25) is 0 Å². The first-order valence-corrected chi connectivity index (χ1v) is 30.6. The number of carbonyl (C=O) groups is 4. The number of nitrogens with two attached hydrogens (primary N) is 1. The van der Waals surface area contributed by atoms with E-state index in [1.807, 2.05) is 103 Å². The standard InChI is InChI=1S/C32H43N7O4.C17H22BrN5.C15H22N2O4/c1-5-25-28(36-22-37-29(25)39-17-14-23(15-18-39)19-34-27-13-9-10-16-33-27)35-20-26(30(40)43-32(2,3)4)38-31(41)42-21-24-11-7-6-8-12-24;1-2-14-16(18)21-12-22-17(14)23-9-6-13(7-10-23)11-20-15-5-3-4-8-19-15;1-15(2,3)21-13(18)12(9-16)17-14(19)20-10-11-7-5-4-6-8-11/h6-13,16,22-23,26H,5,14-15,17-21H2,1-4H3,(H,33,34)(H,38,41)(H,35,36,37);3-5,8,12-13H,2,6-7,9-11H2,1H3,(H,19,20);4-8,12H,9-10,16H2,1-3H3,(H,17,19)/t26-;;12-/m0.0/s1. The number of nitrogens with one attached hydrogen (secondary N) is 5. The number of ether oxygens (including phenoxy) is 4. The molecule has 23 heteroatoms. The number of aromatic nitrogens is 6. The molecule has 2 saturated heterocycles. The summed E-state index contributed by atoms with van der Waals surface area (Å²) in [6.45, 7) is 20.7. The Morgan fingerprint density at radius 2 is 0.989 bits per heavy atom. The third-order valence-corrected chi connectivity index (χ3v) is 14.6. The van der Waals surface area contributed by atoms with Gasteiger partial charge in [0.2, 0.25) is 0 Å². The van der Waals surface area contributed by atoms with Crippen LogP contribution in [-0.4, -0.2) is 130 Å². The van der Waals surface area contributed by atoms with Crippen LogP contribution in [0.25, 0.3) is 0 Å². The Bertz CT molecular complexity index is 3020. The smallest absolute Gasteiger partial charge is 0.408 e. The van der Waals surface area contributed by atoms with Crippen LogP contribution in [0.15, 0.2) is 127 Å². The van der Waals surface area contributed by atoms with Crippen LogP contribution in [0, 0.1) is 11.8 Å². The summed E-state index contributed by atoms with van der Waals surface area (Å²) in [6.07, 6.45) is 11.4. The van der Waals surface area contributed by atoms with Crippen LogP contribution in [0.1, 0.15) is 103 Å². The van der Waals surface area contributed by atoms with Gasteiger partial charge in [0.1, 0.15) is 82.8 Å². The number of piperidine rings is 2. The van der Waals surface area contributed by atoms with Crippen molar-refractivity contribution in [2.24, 2.45) is 17.6 Å². The molecule has 0 saturated carbocycles. The predicted octanol–water partition coefficient (Wildman–Crippen LogP) is 9.92. The number of amides is 2. The lowest BCUT2D eigenvalue weighted by Gasteiger charge is -2.34. The van der Waals surface area contributed by atoms with E-state index < -0.39 is 47.4 Å². The molecule has 4 aromatic heterocycles. The van der Waals surface area contributed by atoms with Gasteiger partial charge in [-0.05, 0) is 143 Å². The zero-order chi connectivity index (χ0) is 62.6. The molecular weight excluding hydrogens is 1170 g/mol. The normalized spacial score (nSPS) is 14.3. The molecule has 0 radical (unpaired) electrons. The number of benzene rings is 2. The highest BCUT2D eigenvalue weighted by molar-refractivity contribution is 9.10. The van der Waals surface area contributed by atoms with Gasteiger partial charge in [-0.1, -0.05) is 86.6 Å². The van der Waals surface area contributed by atoms with Crippen LogP contribution in [0.5, 0.6) is 0 Å². The fraction of sp³-hybridized carbons (Fsp3) is 0.469. The minimum Gasteiger partial charge on any atom is -0.458 e. The summed E-state index contributed by atoms with van der Waals surface area (Å²) in [5.74, 6) is 4.54. The van der Waals surface area contributed by atoms with Gasteiger partial charge in [-0.2, -0.15) is 0 Å². The lowest BCUT2D eigenvalue weighted by molar-refractivity contribution is -0.158. The van der Waals surface area contributed by atoms with Gasteiger partial charge in [0.05, 0.1) is 0 Å². The van der Waals surface area contributed by atoms with Crippen LogP contribution in [0.4, 0.5) is 38.7 Å². The van der Waals surface area contributed by atoms with Crippen molar-refractivity contribution in [2.75, 3.05) is 78.1 Å². The molecule has 2 aliphatic heterocycles. The molecule has 2 fully saturated rings. The van der Waals surface area contributed by atoms with Gasteiger partial charge in [0.25, 0.3) is 0 Å². The maximum absolute atomic E-state index is 13.1. The van der Waals surface area contributed by atoms with E-state index in [1.165, 1.54) is 24.7 Å². The molecule has 8 rings (SSSR count). The Kier molecular flexibility index (Phi) is 27.2. The number of anilines is 5. The van der Waals surface area contributed by atoms with Crippen molar-refractivity contribution < 1.29 is 38.1 Å². The molecule has 0 aliphatic carbocycles. The number of hydrogen-bond acceptors (Lipinski definition) is 20. The molecule has 0 unspecified atom stereocenters. The van der Waals surface area contributed by atoms with Crippen molar-refractivity contribution in [3.05, 3.63) is 149 Å². The highest BCUT2D eigenvalue weighted by atomic mass is 79.9. The second-order valence-electron chi connectivity index (χ2n) is 23.0. The van der Waals surface area contributed by atoms with Crippen LogP contribution in [-0.2, 0) is 54.6 Å². The second-order valence-corrected chi connectivity index (χ2v) is 23.7.